The van der Waals surface area contributed by atoms with Crippen molar-refractivity contribution in [1.82, 2.24) is 15.1 Å². The molecule has 92 valence electrons. The zero-order valence-corrected chi connectivity index (χ0v) is 11.0. The van der Waals surface area contributed by atoms with Gasteiger partial charge < -0.3 is 15.1 Å². The van der Waals surface area contributed by atoms with Gasteiger partial charge in [-0.05, 0) is 24.8 Å². The Bertz CT molecular complexity index is 358. The standard InChI is InChI=1S/C13H19N3S/c1-15-7-9-16(10-8-15)13(17)14-11-12-5-3-2-4-6-12/h2-6H,7-11H2,1H3,(H,14,17). The number of nitrogens with zero attached hydrogens (tertiary/aromatic N) is 2. The first kappa shape index (κ1) is 12.3. The van der Waals surface area contributed by atoms with Gasteiger partial charge in [0, 0.05) is 32.7 Å². The molecule has 3 nitrogen and oxygen atoms in total. The van der Waals surface area contributed by atoms with Crippen molar-refractivity contribution in [3.63, 3.8) is 0 Å². The smallest absolute Gasteiger partial charge is 0.169 e. The van der Waals surface area contributed by atoms with Crippen molar-refractivity contribution in [2.45, 2.75) is 6.54 Å². The first-order valence-electron chi connectivity index (χ1n) is 6.01. The van der Waals surface area contributed by atoms with E-state index in [4.69, 9.17) is 12.2 Å². The summed E-state index contributed by atoms with van der Waals surface area (Å²) in [6, 6.07) is 10.4. The van der Waals surface area contributed by atoms with Crippen LogP contribution in [-0.4, -0.2) is 48.1 Å². The Balaban J connectivity index is 1.78. The Morgan fingerprint density at radius 3 is 2.47 bits per heavy atom. The second-order valence-electron chi connectivity index (χ2n) is 4.43. The number of hydrogen-bond donors (Lipinski definition) is 1. The SMILES string of the molecule is CN1CCN(C(=S)NCc2ccccc2)CC1. The van der Waals surface area contributed by atoms with Crippen LogP contribution in [0, 0.1) is 0 Å². The first-order chi connectivity index (χ1) is 8.25. The fraction of sp³-hybridized carbons (Fsp3) is 0.462. The van der Waals surface area contributed by atoms with E-state index in [1.165, 1.54) is 5.56 Å². The maximum atomic E-state index is 5.41. The second-order valence-corrected chi connectivity index (χ2v) is 4.82. The van der Waals surface area contributed by atoms with Gasteiger partial charge in [-0.2, -0.15) is 0 Å². The van der Waals surface area contributed by atoms with Gasteiger partial charge in [0.05, 0.1) is 0 Å². The van der Waals surface area contributed by atoms with Crippen LogP contribution in [0.3, 0.4) is 0 Å². The molecule has 1 N–H and O–H groups in total. The fourth-order valence-electron chi connectivity index (χ4n) is 1.89. The van der Waals surface area contributed by atoms with Gasteiger partial charge in [0.15, 0.2) is 5.11 Å². The van der Waals surface area contributed by atoms with Gasteiger partial charge in [0.1, 0.15) is 0 Å². The normalized spacial score (nSPS) is 16.9. The van der Waals surface area contributed by atoms with E-state index in [2.05, 4.69) is 46.4 Å². The summed E-state index contributed by atoms with van der Waals surface area (Å²) in [5.41, 5.74) is 1.27. The van der Waals surface area contributed by atoms with E-state index >= 15 is 0 Å². The Hall–Kier alpha value is -1.13. The molecule has 1 aliphatic rings. The van der Waals surface area contributed by atoms with Crippen LogP contribution in [0.5, 0.6) is 0 Å². The van der Waals surface area contributed by atoms with Crippen molar-refractivity contribution in [3.05, 3.63) is 35.9 Å². The summed E-state index contributed by atoms with van der Waals surface area (Å²) in [4.78, 5) is 4.58. The highest BCUT2D eigenvalue weighted by atomic mass is 32.1. The molecule has 0 aliphatic carbocycles. The number of likely N-dealkylation sites (N-methyl/N-ethyl adjacent to an activating group) is 1. The molecular weight excluding hydrogens is 230 g/mol. The monoisotopic (exact) mass is 249 g/mol. The van der Waals surface area contributed by atoms with E-state index in [0.29, 0.717) is 0 Å². The molecule has 0 amide bonds. The molecule has 0 saturated carbocycles. The number of benzene rings is 1. The number of rotatable bonds is 2. The largest absolute Gasteiger partial charge is 0.358 e. The minimum Gasteiger partial charge on any atom is -0.358 e. The summed E-state index contributed by atoms with van der Waals surface area (Å²) in [5, 5.41) is 4.20. The Labute approximate surface area is 108 Å². The maximum absolute atomic E-state index is 5.41. The topological polar surface area (TPSA) is 18.5 Å². The van der Waals surface area contributed by atoms with Crippen LogP contribution in [0.1, 0.15) is 5.56 Å². The molecule has 1 heterocycles. The van der Waals surface area contributed by atoms with Crippen molar-refractivity contribution < 1.29 is 0 Å². The first-order valence-corrected chi connectivity index (χ1v) is 6.42. The highest BCUT2D eigenvalue weighted by Gasteiger charge is 2.15. The number of hydrogen-bond acceptors (Lipinski definition) is 2. The second kappa shape index (κ2) is 5.98. The quantitative estimate of drug-likeness (QED) is 0.796. The van der Waals surface area contributed by atoms with E-state index in [9.17, 15) is 0 Å². The molecule has 0 unspecified atom stereocenters. The molecule has 0 radical (unpaired) electrons. The summed E-state index contributed by atoms with van der Waals surface area (Å²) in [6.45, 7) is 5.04. The van der Waals surface area contributed by atoms with Gasteiger partial charge in [-0.1, -0.05) is 30.3 Å². The molecule has 2 rings (SSSR count). The number of thiocarbonyl (C=S) groups is 1. The lowest BCUT2D eigenvalue weighted by atomic mass is 10.2. The van der Waals surface area contributed by atoms with Crippen molar-refractivity contribution in [2.75, 3.05) is 33.2 Å². The molecule has 0 spiro atoms. The van der Waals surface area contributed by atoms with Gasteiger partial charge in [-0.3, -0.25) is 0 Å². The van der Waals surface area contributed by atoms with Crippen LogP contribution in [0.2, 0.25) is 0 Å². The molecule has 1 aliphatic heterocycles. The Morgan fingerprint density at radius 2 is 1.82 bits per heavy atom. The Morgan fingerprint density at radius 1 is 1.18 bits per heavy atom. The van der Waals surface area contributed by atoms with Crippen LogP contribution >= 0.6 is 12.2 Å². The van der Waals surface area contributed by atoms with Gasteiger partial charge in [-0.15, -0.1) is 0 Å². The van der Waals surface area contributed by atoms with Crippen LogP contribution in [0.25, 0.3) is 0 Å². The fourth-order valence-corrected chi connectivity index (χ4v) is 2.15. The van der Waals surface area contributed by atoms with Gasteiger partial charge in [0.25, 0.3) is 0 Å². The molecule has 17 heavy (non-hydrogen) atoms. The van der Waals surface area contributed by atoms with Crippen LogP contribution < -0.4 is 5.32 Å². The average molecular weight is 249 g/mol. The minimum absolute atomic E-state index is 0.812. The van der Waals surface area contributed by atoms with Crippen LogP contribution in [0.4, 0.5) is 0 Å². The predicted molar refractivity (Wildman–Crippen MR) is 74.9 cm³/mol. The highest BCUT2D eigenvalue weighted by Crippen LogP contribution is 2.02. The van der Waals surface area contributed by atoms with Crippen molar-refractivity contribution in [3.8, 4) is 0 Å². The zero-order valence-electron chi connectivity index (χ0n) is 10.2. The molecule has 0 aromatic heterocycles. The van der Waals surface area contributed by atoms with Crippen molar-refractivity contribution in [1.29, 1.82) is 0 Å². The van der Waals surface area contributed by atoms with Crippen LogP contribution in [0.15, 0.2) is 30.3 Å². The summed E-state index contributed by atoms with van der Waals surface area (Å²) < 4.78 is 0. The summed E-state index contributed by atoms with van der Waals surface area (Å²) >= 11 is 5.41. The van der Waals surface area contributed by atoms with E-state index in [1.54, 1.807) is 0 Å². The van der Waals surface area contributed by atoms with Crippen molar-refractivity contribution >= 4 is 17.3 Å². The molecule has 1 aromatic carbocycles. The summed E-state index contributed by atoms with van der Waals surface area (Å²) in [5.74, 6) is 0. The van der Waals surface area contributed by atoms with Gasteiger partial charge in [0.2, 0.25) is 0 Å². The van der Waals surface area contributed by atoms with Crippen LogP contribution in [-0.2, 0) is 6.54 Å². The summed E-state index contributed by atoms with van der Waals surface area (Å²) in [7, 11) is 2.15. The zero-order chi connectivity index (χ0) is 12.1. The third-order valence-electron chi connectivity index (χ3n) is 3.08. The Kier molecular flexibility index (Phi) is 4.34. The predicted octanol–water partition coefficient (Wildman–Crippen LogP) is 1.31. The molecule has 0 atom stereocenters. The lowest BCUT2D eigenvalue weighted by molar-refractivity contribution is 0.214. The van der Waals surface area contributed by atoms with E-state index in [0.717, 1.165) is 37.8 Å². The highest BCUT2D eigenvalue weighted by molar-refractivity contribution is 7.80. The molecular formula is C13H19N3S. The number of piperazine rings is 1. The molecule has 1 fully saturated rings. The van der Waals surface area contributed by atoms with Gasteiger partial charge in [-0.25, -0.2) is 0 Å². The molecule has 4 heteroatoms. The summed E-state index contributed by atoms with van der Waals surface area (Å²) in [6.07, 6.45) is 0. The lowest BCUT2D eigenvalue weighted by Gasteiger charge is -2.34. The third-order valence-corrected chi connectivity index (χ3v) is 3.48. The van der Waals surface area contributed by atoms with Gasteiger partial charge >= 0.3 is 0 Å². The number of nitrogens with one attached hydrogen (secondary N) is 1. The molecule has 0 bridgehead atoms. The molecule has 1 saturated heterocycles. The van der Waals surface area contributed by atoms with Crippen molar-refractivity contribution in [2.24, 2.45) is 0 Å². The maximum Gasteiger partial charge on any atom is 0.169 e. The molecule has 1 aromatic rings. The lowest BCUT2D eigenvalue weighted by Crippen LogP contribution is -2.50. The van der Waals surface area contributed by atoms with E-state index < -0.39 is 0 Å². The minimum atomic E-state index is 0.812. The third kappa shape index (κ3) is 3.68. The average Bonchev–Trinajstić information content (AvgIpc) is 2.38. The van der Waals surface area contributed by atoms with E-state index in [-0.39, 0.29) is 0 Å². The van der Waals surface area contributed by atoms with E-state index in [1.807, 2.05) is 6.07 Å².